The molecule has 0 spiro atoms. The number of amidine groups is 1. The molecule has 4 heteroatoms. The summed E-state index contributed by atoms with van der Waals surface area (Å²) >= 11 is 0. The Labute approximate surface area is 70.8 Å². The third-order valence-corrected chi connectivity index (χ3v) is 1.52. The largest absolute Gasteiger partial charge is 0.497 e. The SMILES string of the molecule is COc1ccc(C(=N)NN)cc1. The number of benzene rings is 1. The van der Waals surface area contributed by atoms with Crippen LogP contribution in [0.15, 0.2) is 24.3 Å². The minimum atomic E-state index is 0.192. The van der Waals surface area contributed by atoms with Crippen molar-refractivity contribution in [2.45, 2.75) is 0 Å². The van der Waals surface area contributed by atoms with Crippen molar-refractivity contribution in [3.05, 3.63) is 29.8 Å². The van der Waals surface area contributed by atoms with Crippen molar-refractivity contribution in [3.63, 3.8) is 0 Å². The number of methoxy groups -OCH3 is 1. The van der Waals surface area contributed by atoms with Crippen LogP contribution < -0.4 is 16.0 Å². The molecule has 0 heterocycles. The molecule has 1 rings (SSSR count). The molecule has 0 aliphatic heterocycles. The average molecular weight is 165 g/mol. The molecule has 0 amide bonds. The monoisotopic (exact) mass is 165 g/mol. The van der Waals surface area contributed by atoms with E-state index < -0.39 is 0 Å². The Hall–Kier alpha value is -1.55. The number of nitrogens with one attached hydrogen (secondary N) is 2. The zero-order valence-corrected chi connectivity index (χ0v) is 6.79. The van der Waals surface area contributed by atoms with E-state index >= 15 is 0 Å². The van der Waals surface area contributed by atoms with E-state index in [9.17, 15) is 0 Å². The maximum Gasteiger partial charge on any atom is 0.139 e. The third-order valence-electron chi connectivity index (χ3n) is 1.52. The normalized spacial score (nSPS) is 9.17. The fraction of sp³-hybridized carbons (Fsp3) is 0.125. The highest BCUT2D eigenvalue weighted by molar-refractivity contribution is 5.95. The molecule has 0 fully saturated rings. The number of hydrogen-bond acceptors (Lipinski definition) is 3. The molecule has 0 atom stereocenters. The Balaban J connectivity index is 2.84. The molecule has 12 heavy (non-hydrogen) atoms. The van der Waals surface area contributed by atoms with Crippen molar-refractivity contribution < 1.29 is 4.74 Å². The summed E-state index contributed by atoms with van der Waals surface area (Å²) in [5.41, 5.74) is 3.00. The van der Waals surface area contributed by atoms with Crippen LogP contribution in [-0.2, 0) is 0 Å². The lowest BCUT2D eigenvalue weighted by atomic mass is 10.2. The van der Waals surface area contributed by atoms with Crippen molar-refractivity contribution in [2.75, 3.05) is 7.11 Å². The zero-order chi connectivity index (χ0) is 8.97. The molecule has 4 nitrogen and oxygen atoms in total. The van der Waals surface area contributed by atoms with Gasteiger partial charge in [-0.3, -0.25) is 5.41 Å². The second-order valence-electron chi connectivity index (χ2n) is 2.25. The summed E-state index contributed by atoms with van der Waals surface area (Å²) in [5.74, 6) is 6.03. The summed E-state index contributed by atoms with van der Waals surface area (Å²) in [7, 11) is 1.60. The van der Waals surface area contributed by atoms with E-state index in [0.29, 0.717) is 0 Å². The quantitative estimate of drug-likeness (QED) is 0.258. The fourth-order valence-corrected chi connectivity index (χ4v) is 0.841. The molecule has 64 valence electrons. The summed E-state index contributed by atoms with van der Waals surface area (Å²) in [6, 6.07) is 7.09. The number of nitrogens with two attached hydrogens (primary N) is 1. The Kier molecular flexibility index (Phi) is 2.66. The lowest BCUT2D eigenvalue weighted by Gasteiger charge is -2.03. The summed E-state index contributed by atoms with van der Waals surface area (Å²) in [5, 5.41) is 7.33. The minimum absolute atomic E-state index is 0.192. The Bertz CT molecular complexity index is 268. The van der Waals surface area contributed by atoms with Crippen LogP contribution in [0.4, 0.5) is 0 Å². The van der Waals surface area contributed by atoms with Gasteiger partial charge in [0.1, 0.15) is 11.6 Å². The van der Waals surface area contributed by atoms with Crippen LogP contribution >= 0.6 is 0 Å². The van der Waals surface area contributed by atoms with Gasteiger partial charge < -0.3 is 10.2 Å². The lowest BCUT2D eigenvalue weighted by Crippen LogP contribution is -2.29. The maximum absolute atomic E-state index is 7.33. The Morgan fingerprint density at radius 2 is 2.00 bits per heavy atom. The number of rotatable bonds is 2. The highest BCUT2D eigenvalue weighted by Gasteiger charge is 1.97. The average Bonchev–Trinajstić information content (AvgIpc) is 2.17. The summed E-state index contributed by atoms with van der Waals surface area (Å²) in [6.45, 7) is 0. The van der Waals surface area contributed by atoms with Gasteiger partial charge in [0.05, 0.1) is 7.11 Å². The highest BCUT2D eigenvalue weighted by atomic mass is 16.5. The van der Waals surface area contributed by atoms with Gasteiger partial charge in [0.2, 0.25) is 0 Å². The van der Waals surface area contributed by atoms with Gasteiger partial charge in [-0.1, -0.05) is 0 Å². The number of ether oxygens (including phenoxy) is 1. The van der Waals surface area contributed by atoms with Crippen LogP contribution in [0.1, 0.15) is 5.56 Å². The van der Waals surface area contributed by atoms with Gasteiger partial charge in [-0.25, -0.2) is 5.84 Å². The Morgan fingerprint density at radius 1 is 1.42 bits per heavy atom. The Morgan fingerprint density at radius 3 is 2.42 bits per heavy atom. The van der Waals surface area contributed by atoms with E-state index in [0.717, 1.165) is 11.3 Å². The van der Waals surface area contributed by atoms with Gasteiger partial charge >= 0.3 is 0 Å². The van der Waals surface area contributed by atoms with Crippen molar-refractivity contribution >= 4 is 5.84 Å². The van der Waals surface area contributed by atoms with Gasteiger partial charge in [-0.2, -0.15) is 0 Å². The van der Waals surface area contributed by atoms with Crippen LogP contribution in [-0.4, -0.2) is 12.9 Å². The summed E-state index contributed by atoms with van der Waals surface area (Å²) in [4.78, 5) is 0. The predicted molar refractivity (Wildman–Crippen MR) is 47.1 cm³/mol. The molecular formula is C8H11N3O. The molecule has 0 saturated carbocycles. The van der Waals surface area contributed by atoms with Crippen molar-refractivity contribution in [1.29, 1.82) is 5.41 Å². The third kappa shape index (κ3) is 1.73. The molecule has 0 aliphatic carbocycles. The molecule has 4 N–H and O–H groups in total. The molecule has 0 saturated heterocycles. The predicted octanol–water partition coefficient (Wildman–Crippen LogP) is 0.484. The number of hydrogen-bond donors (Lipinski definition) is 3. The molecule has 0 bridgehead atoms. The first-order valence-electron chi connectivity index (χ1n) is 3.47. The van der Waals surface area contributed by atoms with Gasteiger partial charge in [-0.15, -0.1) is 0 Å². The topological polar surface area (TPSA) is 71.1 Å². The molecule has 0 aromatic heterocycles. The lowest BCUT2D eigenvalue weighted by molar-refractivity contribution is 0.415. The first-order chi connectivity index (χ1) is 5.77. The highest BCUT2D eigenvalue weighted by Crippen LogP contribution is 2.10. The fourth-order valence-electron chi connectivity index (χ4n) is 0.841. The van der Waals surface area contributed by atoms with Gasteiger partial charge in [0.15, 0.2) is 0 Å². The maximum atomic E-state index is 7.33. The molecule has 0 aliphatic rings. The van der Waals surface area contributed by atoms with Gasteiger partial charge in [-0.05, 0) is 24.3 Å². The van der Waals surface area contributed by atoms with Crippen molar-refractivity contribution in [1.82, 2.24) is 5.43 Å². The van der Waals surface area contributed by atoms with Crippen LogP contribution in [0.2, 0.25) is 0 Å². The zero-order valence-electron chi connectivity index (χ0n) is 6.79. The van der Waals surface area contributed by atoms with Crippen LogP contribution in [0, 0.1) is 5.41 Å². The second kappa shape index (κ2) is 3.73. The van der Waals surface area contributed by atoms with E-state index in [2.05, 4.69) is 5.43 Å². The van der Waals surface area contributed by atoms with Gasteiger partial charge in [0, 0.05) is 5.56 Å². The van der Waals surface area contributed by atoms with E-state index in [1.165, 1.54) is 0 Å². The molecule has 0 radical (unpaired) electrons. The molecule has 1 aromatic carbocycles. The molecular weight excluding hydrogens is 154 g/mol. The standard InChI is InChI=1S/C8H11N3O/c1-12-7-4-2-6(3-5-7)8(9)11-10/h2-5H,10H2,1H3,(H2,9,11). The smallest absolute Gasteiger partial charge is 0.139 e. The van der Waals surface area contributed by atoms with E-state index in [1.54, 1.807) is 31.4 Å². The van der Waals surface area contributed by atoms with Crippen LogP contribution in [0.25, 0.3) is 0 Å². The summed E-state index contributed by atoms with van der Waals surface area (Å²) < 4.78 is 4.96. The van der Waals surface area contributed by atoms with Crippen LogP contribution in [0.3, 0.4) is 0 Å². The molecule has 1 aromatic rings. The van der Waals surface area contributed by atoms with Crippen LogP contribution in [0.5, 0.6) is 5.75 Å². The number of hydrazine groups is 1. The minimum Gasteiger partial charge on any atom is -0.497 e. The van der Waals surface area contributed by atoms with E-state index in [1.807, 2.05) is 0 Å². The van der Waals surface area contributed by atoms with Crippen molar-refractivity contribution in [3.8, 4) is 5.75 Å². The van der Waals surface area contributed by atoms with E-state index in [4.69, 9.17) is 16.0 Å². The molecule has 0 unspecified atom stereocenters. The van der Waals surface area contributed by atoms with Gasteiger partial charge in [0.25, 0.3) is 0 Å². The van der Waals surface area contributed by atoms with Crippen molar-refractivity contribution in [2.24, 2.45) is 5.84 Å². The van der Waals surface area contributed by atoms with E-state index in [-0.39, 0.29) is 5.84 Å². The first-order valence-corrected chi connectivity index (χ1v) is 3.47. The first kappa shape index (κ1) is 8.55. The summed E-state index contributed by atoms with van der Waals surface area (Å²) in [6.07, 6.45) is 0. The second-order valence-corrected chi connectivity index (χ2v) is 2.25.